The molecule has 0 radical (unpaired) electrons. The summed E-state index contributed by atoms with van der Waals surface area (Å²) >= 11 is 3.55. The number of hydrogen-bond donors (Lipinski definition) is 0. The minimum Gasteiger partial charge on any atom is -0.257 e. The van der Waals surface area contributed by atoms with E-state index in [0.29, 0.717) is 0 Å². The van der Waals surface area contributed by atoms with Crippen molar-refractivity contribution in [1.82, 2.24) is 0 Å². The Morgan fingerprint density at radius 2 is 2.20 bits per heavy atom. The molecule has 1 fully saturated rings. The summed E-state index contributed by atoms with van der Waals surface area (Å²) in [7, 11) is 0. The van der Waals surface area contributed by atoms with Crippen LogP contribution in [0.25, 0.3) is 0 Å². The zero-order chi connectivity index (χ0) is 10.5. The molecule has 1 aromatic carbocycles. The lowest BCUT2D eigenvalue weighted by Gasteiger charge is -2.31. The molecule has 1 nitrogen and oxygen atoms in total. The van der Waals surface area contributed by atoms with Crippen molar-refractivity contribution < 1.29 is 0 Å². The molecule has 2 heteroatoms. The van der Waals surface area contributed by atoms with Gasteiger partial charge in [-0.05, 0) is 43.0 Å². The summed E-state index contributed by atoms with van der Waals surface area (Å²) < 4.78 is 1.17. The fraction of sp³-hybridized carbons (Fsp3) is 0.462. The molecule has 2 aliphatic rings. The van der Waals surface area contributed by atoms with Gasteiger partial charge in [-0.25, -0.2) is 0 Å². The van der Waals surface area contributed by atoms with E-state index in [9.17, 15) is 0 Å². The third kappa shape index (κ3) is 1.31. The van der Waals surface area contributed by atoms with Crippen LogP contribution in [0.1, 0.15) is 38.2 Å². The highest BCUT2D eigenvalue weighted by Crippen LogP contribution is 2.47. The Kier molecular flexibility index (Phi) is 2.03. The zero-order valence-corrected chi connectivity index (χ0v) is 10.5. The van der Waals surface area contributed by atoms with Gasteiger partial charge in [0.1, 0.15) is 0 Å². The maximum absolute atomic E-state index is 4.78. The average Bonchev–Trinajstić information content (AvgIpc) is 2.51. The minimum absolute atomic E-state index is 0.233. The summed E-state index contributed by atoms with van der Waals surface area (Å²) in [5.74, 6) is 0. The van der Waals surface area contributed by atoms with E-state index < -0.39 is 0 Å². The number of nitrogens with zero attached hydrogens (tertiary/aromatic N) is 1. The number of halogens is 1. The average molecular weight is 264 g/mol. The molecule has 0 N–H and O–H groups in total. The summed E-state index contributed by atoms with van der Waals surface area (Å²) in [5.41, 5.74) is 4.25. The van der Waals surface area contributed by atoms with Gasteiger partial charge in [-0.1, -0.05) is 29.3 Å². The molecule has 1 atom stereocenters. The van der Waals surface area contributed by atoms with Crippen LogP contribution in [0.5, 0.6) is 0 Å². The third-order valence-corrected chi connectivity index (χ3v) is 4.28. The topological polar surface area (TPSA) is 12.4 Å². The molecule has 1 saturated carbocycles. The van der Waals surface area contributed by atoms with Gasteiger partial charge in [-0.3, -0.25) is 4.99 Å². The summed E-state index contributed by atoms with van der Waals surface area (Å²) in [6, 6.07) is 6.47. The van der Waals surface area contributed by atoms with Gasteiger partial charge in [0.05, 0.1) is 5.69 Å². The quantitative estimate of drug-likeness (QED) is 0.660. The van der Waals surface area contributed by atoms with E-state index in [2.05, 4.69) is 41.1 Å². The van der Waals surface area contributed by atoms with Gasteiger partial charge in [0.2, 0.25) is 0 Å². The van der Waals surface area contributed by atoms with Crippen molar-refractivity contribution in [1.29, 1.82) is 0 Å². The summed E-state index contributed by atoms with van der Waals surface area (Å²) in [4.78, 5) is 4.78. The van der Waals surface area contributed by atoms with E-state index in [1.807, 2.05) is 0 Å². The van der Waals surface area contributed by atoms with E-state index in [4.69, 9.17) is 4.99 Å². The van der Waals surface area contributed by atoms with Crippen molar-refractivity contribution in [2.24, 2.45) is 4.99 Å². The van der Waals surface area contributed by atoms with E-state index in [-0.39, 0.29) is 5.41 Å². The highest BCUT2D eigenvalue weighted by molar-refractivity contribution is 9.10. The Hall–Kier alpha value is -0.630. The van der Waals surface area contributed by atoms with E-state index in [0.717, 1.165) is 0 Å². The van der Waals surface area contributed by atoms with Crippen LogP contribution in [-0.2, 0) is 5.41 Å². The summed E-state index contributed by atoms with van der Waals surface area (Å²) in [6.07, 6.45) is 5.09. The third-order valence-electron chi connectivity index (χ3n) is 3.79. The van der Waals surface area contributed by atoms with Gasteiger partial charge in [0.15, 0.2) is 0 Å². The molecule has 78 valence electrons. The molecule has 0 amide bonds. The van der Waals surface area contributed by atoms with Crippen molar-refractivity contribution in [2.75, 3.05) is 0 Å². The monoisotopic (exact) mass is 263 g/mol. The Labute approximate surface area is 98.7 Å². The molecular weight excluding hydrogens is 250 g/mol. The first-order valence-electron chi connectivity index (χ1n) is 5.58. The van der Waals surface area contributed by atoms with Crippen LogP contribution < -0.4 is 0 Å². The first-order valence-corrected chi connectivity index (χ1v) is 6.37. The standard InChI is InChI=1S/C13H14BrN/c1-13-7-3-2-4-12(13)15-11-6-5-9(14)8-10(11)13/h5-6,8H,2-4,7H2,1H3. The van der Waals surface area contributed by atoms with Gasteiger partial charge in [0.25, 0.3) is 0 Å². The van der Waals surface area contributed by atoms with Gasteiger partial charge in [-0.2, -0.15) is 0 Å². The van der Waals surface area contributed by atoms with Crippen LogP contribution in [-0.4, -0.2) is 5.71 Å². The molecule has 1 unspecified atom stereocenters. The van der Waals surface area contributed by atoms with Crippen molar-refractivity contribution in [2.45, 2.75) is 38.0 Å². The lowest BCUT2D eigenvalue weighted by molar-refractivity contribution is 0.498. The molecular formula is C13H14BrN. The smallest absolute Gasteiger partial charge is 0.0671 e. The van der Waals surface area contributed by atoms with Crippen LogP contribution in [0.4, 0.5) is 5.69 Å². The Morgan fingerprint density at radius 1 is 1.33 bits per heavy atom. The minimum atomic E-state index is 0.233. The van der Waals surface area contributed by atoms with Gasteiger partial charge < -0.3 is 0 Å². The van der Waals surface area contributed by atoms with Crippen molar-refractivity contribution in [3.05, 3.63) is 28.2 Å². The molecule has 1 heterocycles. The Balaban J connectivity index is 2.18. The molecule has 1 aliphatic heterocycles. The van der Waals surface area contributed by atoms with E-state index in [1.54, 1.807) is 0 Å². The lowest BCUT2D eigenvalue weighted by Crippen LogP contribution is -2.32. The highest BCUT2D eigenvalue weighted by atomic mass is 79.9. The largest absolute Gasteiger partial charge is 0.257 e. The zero-order valence-electron chi connectivity index (χ0n) is 8.89. The fourth-order valence-corrected chi connectivity index (χ4v) is 3.21. The Bertz CT molecular complexity index is 450. The second kappa shape index (κ2) is 3.18. The first kappa shape index (κ1) is 9.59. The second-order valence-corrected chi connectivity index (χ2v) is 5.67. The van der Waals surface area contributed by atoms with Crippen LogP contribution in [0.15, 0.2) is 27.7 Å². The summed E-state index contributed by atoms with van der Waals surface area (Å²) in [5, 5.41) is 0. The van der Waals surface area contributed by atoms with Crippen LogP contribution >= 0.6 is 15.9 Å². The fourth-order valence-electron chi connectivity index (χ4n) is 2.85. The maximum atomic E-state index is 4.78. The first-order chi connectivity index (χ1) is 7.20. The number of benzene rings is 1. The number of hydrogen-bond acceptors (Lipinski definition) is 1. The van der Waals surface area contributed by atoms with Crippen LogP contribution in [0.3, 0.4) is 0 Å². The molecule has 1 aliphatic carbocycles. The number of rotatable bonds is 0. The normalized spacial score (nSPS) is 28.3. The van der Waals surface area contributed by atoms with Gasteiger partial charge in [0, 0.05) is 15.6 Å². The van der Waals surface area contributed by atoms with Crippen molar-refractivity contribution in [3.63, 3.8) is 0 Å². The molecule has 0 spiro atoms. The molecule has 0 aromatic heterocycles. The van der Waals surface area contributed by atoms with Gasteiger partial charge in [-0.15, -0.1) is 0 Å². The van der Waals surface area contributed by atoms with Crippen molar-refractivity contribution >= 4 is 27.3 Å². The number of aliphatic imine (C=N–C) groups is 1. The molecule has 15 heavy (non-hydrogen) atoms. The predicted molar refractivity (Wildman–Crippen MR) is 67.1 cm³/mol. The lowest BCUT2D eigenvalue weighted by atomic mass is 9.71. The SMILES string of the molecule is CC12CCCCC1=Nc1ccc(Br)cc12. The van der Waals surface area contributed by atoms with Gasteiger partial charge >= 0.3 is 0 Å². The molecule has 1 aromatic rings. The molecule has 3 rings (SSSR count). The maximum Gasteiger partial charge on any atom is 0.0671 e. The molecule has 0 saturated heterocycles. The predicted octanol–water partition coefficient (Wildman–Crippen LogP) is 4.37. The Morgan fingerprint density at radius 3 is 3.07 bits per heavy atom. The van der Waals surface area contributed by atoms with Crippen LogP contribution in [0.2, 0.25) is 0 Å². The summed E-state index contributed by atoms with van der Waals surface area (Å²) in [6.45, 7) is 2.35. The van der Waals surface area contributed by atoms with Crippen molar-refractivity contribution in [3.8, 4) is 0 Å². The second-order valence-electron chi connectivity index (χ2n) is 4.76. The van der Waals surface area contributed by atoms with Crippen LogP contribution in [0, 0.1) is 0 Å². The number of fused-ring (bicyclic) bond motifs is 3. The van der Waals surface area contributed by atoms with E-state index >= 15 is 0 Å². The highest BCUT2D eigenvalue weighted by Gasteiger charge is 2.40. The molecule has 0 bridgehead atoms. The van der Waals surface area contributed by atoms with E-state index in [1.165, 1.54) is 47.1 Å².